The van der Waals surface area contributed by atoms with Gasteiger partial charge in [0.2, 0.25) is 0 Å². The summed E-state index contributed by atoms with van der Waals surface area (Å²) in [7, 11) is 3.52. The molecule has 0 aliphatic carbocycles. The lowest BCUT2D eigenvalue weighted by Gasteiger charge is -2.44. The van der Waals surface area contributed by atoms with E-state index in [9.17, 15) is 23.3 Å². The Morgan fingerprint density at radius 1 is 0.837 bits per heavy atom. The molecule has 0 aliphatic heterocycles. The molecule has 2 atom stereocenters. The predicted octanol–water partition coefficient (Wildman–Crippen LogP) is 6.81. The summed E-state index contributed by atoms with van der Waals surface area (Å²) in [6, 6.07) is 29.0. The molecule has 0 aliphatic rings. The molecule has 2 N–H and O–H groups in total. The number of nitrogens with one attached hydrogen (secondary N) is 2. The lowest BCUT2D eigenvalue weighted by atomic mass is 9.73. The monoisotopic (exact) mass is 591 g/mol. The average Bonchev–Trinajstić information content (AvgIpc) is 3.02. The van der Waals surface area contributed by atoms with E-state index in [0.717, 1.165) is 12.1 Å². The highest BCUT2D eigenvalue weighted by atomic mass is 19.4. The van der Waals surface area contributed by atoms with Crippen LogP contribution in [0.25, 0.3) is 0 Å². The number of halogens is 3. The van der Waals surface area contributed by atoms with Gasteiger partial charge in [0.05, 0.1) is 16.4 Å². The molecule has 0 amide bonds. The summed E-state index contributed by atoms with van der Waals surface area (Å²) < 4.78 is 53.4. The highest BCUT2D eigenvalue weighted by Gasteiger charge is 2.49. The number of rotatable bonds is 14. The van der Waals surface area contributed by atoms with E-state index in [2.05, 4.69) is 10.6 Å². The number of benzene rings is 4. The van der Waals surface area contributed by atoms with Gasteiger partial charge in [-0.2, -0.15) is 13.2 Å². The SMILES string of the molecule is CNC[CH]C(Oc1ccc(C(F)(F)F)cc1)(c1ccccc1)C(CNC)[C](Oc1ccccc1[N+](=O)[O-])c1ccccc1. The minimum absolute atomic E-state index is 0.0394. The third-order valence-electron chi connectivity index (χ3n) is 6.89. The average molecular weight is 592 g/mol. The number of hydrogen-bond donors (Lipinski definition) is 2. The molecule has 7 nitrogen and oxygen atoms in total. The van der Waals surface area contributed by atoms with Crippen molar-refractivity contribution in [3.8, 4) is 11.5 Å². The van der Waals surface area contributed by atoms with E-state index in [1.165, 1.54) is 24.3 Å². The summed E-state index contributed by atoms with van der Waals surface area (Å²) in [4.78, 5) is 11.4. The highest BCUT2D eigenvalue weighted by molar-refractivity contribution is 5.48. The van der Waals surface area contributed by atoms with Gasteiger partial charge < -0.3 is 20.1 Å². The molecule has 224 valence electrons. The molecular formula is C33H32F3N3O4. The number of ether oxygens (including phenoxy) is 2. The fraction of sp³-hybridized carbons (Fsp3) is 0.212. The molecule has 2 radical (unpaired) electrons. The molecule has 4 aromatic rings. The largest absolute Gasteiger partial charge is 0.482 e. The molecule has 0 heterocycles. The first-order chi connectivity index (χ1) is 20.7. The van der Waals surface area contributed by atoms with E-state index in [4.69, 9.17) is 9.47 Å². The maximum atomic E-state index is 13.4. The lowest BCUT2D eigenvalue weighted by molar-refractivity contribution is -0.385. The standard InChI is InChI=1S/C33H32F3N3O4/c1-37-22-21-32(25-13-7-4-8-14-25,43-27-19-17-26(18-20-27)33(34,35)36)28(23-38-2)31(24-11-5-3-6-12-24)42-30-16-10-9-15-29(30)39(40)41/h3-21,28,37-38H,22-23H2,1-2H3. The van der Waals surface area contributed by atoms with Crippen LogP contribution >= 0.6 is 0 Å². The van der Waals surface area contributed by atoms with Gasteiger partial charge in [-0.15, -0.1) is 0 Å². The van der Waals surface area contributed by atoms with E-state index >= 15 is 0 Å². The number of nitro benzene ring substituents is 1. The Bertz CT molecular complexity index is 1450. The van der Waals surface area contributed by atoms with Crippen LogP contribution in [0, 0.1) is 28.6 Å². The Morgan fingerprint density at radius 3 is 2.02 bits per heavy atom. The van der Waals surface area contributed by atoms with Crippen LogP contribution in [0.1, 0.15) is 16.7 Å². The zero-order valence-corrected chi connectivity index (χ0v) is 23.7. The van der Waals surface area contributed by atoms with Crippen molar-refractivity contribution in [3.05, 3.63) is 149 Å². The second-order valence-electron chi connectivity index (χ2n) is 9.71. The Morgan fingerprint density at radius 2 is 1.44 bits per heavy atom. The third kappa shape index (κ3) is 7.52. The number of alkyl halides is 3. The van der Waals surface area contributed by atoms with Crippen molar-refractivity contribution in [1.29, 1.82) is 0 Å². The second-order valence-corrected chi connectivity index (χ2v) is 9.71. The van der Waals surface area contributed by atoms with Crippen LogP contribution < -0.4 is 20.1 Å². The number of para-hydroxylation sites is 2. The summed E-state index contributed by atoms with van der Waals surface area (Å²) in [5.41, 5.74) is -0.998. The van der Waals surface area contributed by atoms with E-state index in [1.54, 1.807) is 26.2 Å². The van der Waals surface area contributed by atoms with Gasteiger partial charge in [0.15, 0.2) is 11.9 Å². The number of nitro groups is 1. The van der Waals surface area contributed by atoms with Crippen LogP contribution in [0.15, 0.2) is 109 Å². The van der Waals surface area contributed by atoms with Crippen molar-refractivity contribution in [3.63, 3.8) is 0 Å². The van der Waals surface area contributed by atoms with Gasteiger partial charge in [-0.05, 0) is 50.0 Å². The van der Waals surface area contributed by atoms with Gasteiger partial charge >= 0.3 is 11.9 Å². The summed E-state index contributed by atoms with van der Waals surface area (Å²) >= 11 is 0. The number of hydrogen-bond acceptors (Lipinski definition) is 6. The molecule has 0 bridgehead atoms. The number of nitrogens with zero attached hydrogens (tertiary/aromatic N) is 1. The Hall–Kier alpha value is -4.41. The topological polar surface area (TPSA) is 85.7 Å². The van der Waals surface area contributed by atoms with Crippen LogP contribution in [-0.4, -0.2) is 32.1 Å². The highest BCUT2D eigenvalue weighted by Crippen LogP contribution is 2.46. The van der Waals surface area contributed by atoms with Crippen LogP contribution in [-0.2, 0) is 11.8 Å². The van der Waals surface area contributed by atoms with Gasteiger partial charge in [-0.25, -0.2) is 0 Å². The van der Waals surface area contributed by atoms with Crippen LogP contribution in [0.2, 0.25) is 0 Å². The first-order valence-electron chi connectivity index (χ1n) is 13.6. The molecule has 10 heteroatoms. The van der Waals surface area contributed by atoms with E-state index < -0.39 is 28.2 Å². The molecule has 4 rings (SSSR count). The van der Waals surface area contributed by atoms with E-state index in [1.807, 2.05) is 67.1 Å². The Kier molecular flexibility index (Phi) is 10.4. The van der Waals surface area contributed by atoms with Crippen LogP contribution in [0.4, 0.5) is 18.9 Å². The molecule has 0 aromatic heterocycles. The van der Waals surface area contributed by atoms with Gasteiger partial charge in [0, 0.05) is 31.1 Å². The lowest BCUT2D eigenvalue weighted by Crippen LogP contribution is -2.51. The molecule has 0 saturated carbocycles. The summed E-state index contributed by atoms with van der Waals surface area (Å²) in [6.45, 7) is 0.615. The molecule has 2 unspecified atom stereocenters. The van der Waals surface area contributed by atoms with Gasteiger partial charge in [-0.1, -0.05) is 72.8 Å². The predicted molar refractivity (Wildman–Crippen MR) is 158 cm³/mol. The zero-order valence-electron chi connectivity index (χ0n) is 23.7. The van der Waals surface area contributed by atoms with Crippen molar-refractivity contribution >= 4 is 5.69 Å². The normalized spacial score (nSPS) is 13.7. The van der Waals surface area contributed by atoms with Crippen LogP contribution in [0.3, 0.4) is 0 Å². The van der Waals surface area contributed by atoms with E-state index in [0.29, 0.717) is 23.8 Å². The summed E-state index contributed by atoms with van der Waals surface area (Å²) in [5, 5.41) is 18.2. The Labute approximate surface area is 248 Å². The van der Waals surface area contributed by atoms with Crippen molar-refractivity contribution in [2.45, 2.75) is 11.8 Å². The maximum Gasteiger partial charge on any atom is 0.416 e. The quantitative estimate of drug-likeness (QED) is 0.124. The zero-order chi connectivity index (χ0) is 30.9. The fourth-order valence-electron chi connectivity index (χ4n) is 4.88. The fourth-order valence-corrected chi connectivity index (χ4v) is 4.88. The minimum Gasteiger partial charge on any atom is -0.482 e. The van der Waals surface area contributed by atoms with Crippen molar-refractivity contribution in [1.82, 2.24) is 10.6 Å². The van der Waals surface area contributed by atoms with E-state index in [-0.39, 0.29) is 23.7 Å². The molecule has 0 saturated heterocycles. The molecule has 43 heavy (non-hydrogen) atoms. The third-order valence-corrected chi connectivity index (χ3v) is 6.89. The van der Waals surface area contributed by atoms with Crippen molar-refractivity contribution < 1.29 is 27.6 Å². The smallest absolute Gasteiger partial charge is 0.416 e. The molecule has 0 spiro atoms. The van der Waals surface area contributed by atoms with Crippen LogP contribution in [0.5, 0.6) is 11.5 Å². The van der Waals surface area contributed by atoms with Gasteiger partial charge in [0.25, 0.3) is 0 Å². The van der Waals surface area contributed by atoms with Gasteiger partial charge in [0.1, 0.15) is 11.4 Å². The van der Waals surface area contributed by atoms with Crippen molar-refractivity contribution in [2.75, 3.05) is 27.2 Å². The van der Waals surface area contributed by atoms with Crippen molar-refractivity contribution in [2.24, 2.45) is 5.92 Å². The first kappa shape index (κ1) is 31.5. The minimum atomic E-state index is -4.51. The second kappa shape index (κ2) is 14.2. The summed E-state index contributed by atoms with van der Waals surface area (Å²) in [6.07, 6.45) is -2.24. The Balaban J connectivity index is 1.94. The van der Waals surface area contributed by atoms with Gasteiger partial charge in [-0.3, -0.25) is 10.1 Å². The first-order valence-corrected chi connectivity index (χ1v) is 13.6. The molecular weight excluding hydrogens is 559 g/mol. The maximum absolute atomic E-state index is 13.4. The molecule has 4 aromatic carbocycles. The molecule has 0 fully saturated rings. The summed E-state index contributed by atoms with van der Waals surface area (Å²) in [5.74, 6) is -0.446.